The van der Waals surface area contributed by atoms with Gasteiger partial charge < -0.3 is 10.5 Å². The summed E-state index contributed by atoms with van der Waals surface area (Å²) in [7, 11) is 0. The average Bonchev–Trinajstić information content (AvgIpc) is 2.64. The predicted octanol–water partition coefficient (Wildman–Crippen LogP) is 2.08. The maximum Gasteiger partial charge on any atom is 0.365 e. The maximum atomic E-state index is 12.8. The van der Waals surface area contributed by atoms with E-state index < -0.39 is 11.8 Å². The molecular formula is C10H7FN2O2S. The van der Waals surface area contributed by atoms with E-state index in [9.17, 15) is 9.18 Å². The van der Waals surface area contributed by atoms with Crippen molar-refractivity contribution >= 4 is 22.3 Å². The third kappa shape index (κ3) is 2.17. The zero-order valence-electron chi connectivity index (χ0n) is 8.01. The number of esters is 1. The smallest absolute Gasteiger partial charge is 0.365 e. The number of nitrogens with two attached hydrogens (primary N) is 1. The standard InChI is InChI=1S/C10H7FN2O2S/c11-6-2-1-3-7(4-6)15-10(14)8-9(12)16-5-13-8/h1-5H,12H2. The number of thiazole rings is 1. The predicted molar refractivity (Wildman–Crippen MR) is 57.9 cm³/mol. The largest absolute Gasteiger partial charge is 0.422 e. The molecule has 0 aliphatic rings. The van der Waals surface area contributed by atoms with Gasteiger partial charge in [0.1, 0.15) is 16.6 Å². The first-order valence-corrected chi connectivity index (χ1v) is 5.21. The second kappa shape index (κ2) is 4.28. The first-order chi connectivity index (χ1) is 7.66. The molecule has 0 radical (unpaired) electrons. The lowest BCUT2D eigenvalue weighted by Crippen LogP contribution is -2.10. The van der Waals surface area contributed by atoms with Gasteiger partial charge in [-0.25, -0.2) is 14.2 Å². The van der Waals surface area contributed by atoms with Gasteiger partial charge in [-0.05, 0) is 12.1 Å². The van der Waals surface area contributed by atoms with Crippen LogP contribution in [-0.4, -0.2) is 11.0 Å². The van der Waals surface area contributed by atoms with Crippen LogP contribution in [-0.2, 0) is 0 Å². The molecule has 0 spiro atoms. The second-order valence-electron chi connectivity index (χ2n) is 2.91. The summed E-state index contributed by atoms with van der Waals surface area (Å²) in [5.41, 5.74) is 7.00. The van der Waals surface area contributed by atoms with E-state index in [-0.39, 0.29) is 16.4 Å². The molecule has 0 saturated carbocycles. The van der Waals surface area contributed by atoms with E-state index >= 15 is 0 Å². The number of carbonyl (C=O) groups excluding carboxylic acids is 1. The zero-order valence-corrected chi connectivity index (χ0v) is 8.83. The van der Waals surface area contributed by atoms with Crippen molar-refractivity contribution in [3.8, 4) is 5.75 Å². The van der Waals surface area contributed by atoms with Gasteiger partial charge in [0.05, 0.1) is 5.51 Å². The van der Waals surface area contributed by atoms with Crippen molar-refractivity contribution in [2.24, 2.45) is 0 Å². The molecule has 4 nitrogen and oxygen atoms in total. The Morgan fingerprint density at radius 2 is 2.31 bits per heavy atom. The highest BCUT2D eigenvalue weighted by molar-refractivity contribution is 7.14. The number of benzene rings is 1. The van der Waals surface area contributed by atoms with Gasteiger partial charge >= 0.3 is 5.97 Å². The quantitative estimate of drug-likeness (QED) is 0.642. The number of halogens is 1. The molecule has 1 heterocycles. The lowest BCUT2D eigenvalue weighted by molar-refractivity contribution is 0.0730. The van der Waals surface area contributed by atoms with Gasteiger partial charge in [0.2, 0.25) is 0 Å². The normalized spacial score (nSPS) is 10.1. The average molecular weight is 238 g/mol. The third-order valence-corrected chi connectivity index (χ3v) is 2.45. The van der Waals surface area contributed by atoms with Gasteiger partial charge in [-0.1, -0.05) is 6.07 Å². The number of anilines is 1. The Kier molecular flexibility index (Phi) is 2.82. The summed E-state index contributed by atoms with van der Waals surface area (Å²) in [4.78, 5) is 15.3. The van der Waals surface area contributed by atoms with E-state index in [0.29, 0.717) is 0 Å². The van der Waals surface area contributed by atoms with Crippen LogP contribution in [0.15, 0.2) is 29.8 Å². The van der Waals surface area contributed by atoms with Crippen LogP contribution in [0.25, 0.3) is 0 Å². The van der Waals surface area contributed by atoms with Gasteiger partial charge in [0.25, 0.3) is 0 Å². The Balaban J connectivity index is 2.17. The van der Waals surface area contributed by atoms with E-state index in [4.69, 9.17) is 10.5 Å². The van der Waals surface area contributed by atoms with Crippen molar-refractivity contribution in [3.05, 3.63) is 41.3 Å². The first kappa shape index (κ1) is 10.6. The fourth-order valence-electron chi connectivity index (χ4n) is 1.09. The van der Waals surface area contributed by atoms with E-state index in [1.807, 2.05) is 0 Å². The van der Waals surface area contributed by atoms with Gasteiger partial charge in [-0.2, -0.15) is 0 Å². The van der Waals surface area contributed by atoms with Crippen LogP contribution in [0, 0.1) is 5.82 Å². The topological polar surface area (TPSA) is 65.2 Å². The minimum absolute atomic E-state index is 0.0502. The Morgan fingerprint density at radius 3 is 2.94 bits per heavy atom. The number of hydrogen-bond acceptors (Lipinski definition) is 5. The Labute approximate surface area is 94.5 Å². The lowest BCUT2D eigenvalue weighted by Gasteiger charge is -2.02. The zero-order chi connectivity index (χ0) is 11.5. The SMILES string of the molecule is Nc1scnc1C(=O)Oc1cccc(F)c1. The van der Waals surface area contributed by atoms with E-state index in [1.165, 1.54) is 23.7 Å². The lowest BCUT2D eigenvalue weighted by atomic mass is 10.3. The van der Waals surface area contributed by atoms with Crippen LogP contribution >= 0.6 is 11.3 Å². The fourth-order valence-corrected chi connectivity index (χ4v) is 1.61. The summed E-state index contributed by atoms with van der Waals surface area (Å²) < 4.78 is 17.7. The molecular weight excluding hydrogens is 231 g/mol. The van der Waals surface area contributed by atoms with Gasteiger partial charge in [-0.15, -0.1) is 11.3 Å². The van der Waals surface area contributed by atoms with Crippen LogP contribution < -0.4 is 10.5 Å². The Bertz CT molecular complexity index is 527. The monoisotopic (exact) mass is 238 g/mol. The van der Waals surface area contributed by atoms with Crippen molar-refractivity contribution in [2.45, 2.75) is 0 Å². The summed E-state index contributed by atoms with van der Waals surface area (Å²) in [6.45, 7) is 0. The van der Waals surface area contributed by atoms with Crippen LogP contribution in [0.3, 0.4) is 0 Å². The number of ether oxygens (including phenoxy) is 1. The maximum absolute atomic E-state index is 12.8. The van der Waals surface area contributed by atoms with Crippen LogP contribution in [0.2, 0.25) is 0 Å². The number of carbonyl (C=O) groups is 1. The Hall–Kier alpha value is -1.95. The van der Waals surface area contributed by atoms with E-state index in [0.717, 1.165) is 17.4 Å². The molecule has 0 aliphatic carbocycles. The highest BCUT2D eigenvalue weighted by Gasteiger charge is 2.15. The molecule has 0 amide bonds. The van der Waals surface area contributed by atoms with Crippen molar-refractivity contribution in [1.29, 1.82) is 0 Å². The molecule has 0 fully saturated rings. The summed E-state index contributed by atoms with van der Waals surface area (Å²) in [6.07, 6.45) is 0. The van der Waals surface area contributed by atoms with Gasteiger partial charge in [0, 0.05) is 6.07 Å². The molecule has 82 valence electrons. The van der Waals surface area contributed by atoms with Crippen molar-refractivity contribution in [3.63, 3.8) is 0 Å². The summed E-state index contributed by atoms with van der Waals surface area (Å²) in [5, 5.41) is 0.279. The summed E-state index contributed by atoms with van der Waals surface area (Å²) >= 11 is 1.14. The molecule has 0 saturated heterocycles. The molecule has 0 atom stereocenters. The number of hydrogen-bond donors (Lipinski definition) is 1. The van der Waals surface area contributed by atoms with Gasteiger partial charge in [-0.3, -0.25) is 0 Å². The molecule has 0 aliphatic heterocycles. The van der Waals surface area contributed by atoms with Crippen molar-refractivity contribution in [1.82, 2.24) is 4.98 Å². The van der Waals surface area contributed by atoms with Crippen molar-refractivity contribution in [2.75, 3.05) is 5.73 Å². The molecule has 1 aromatic heterocycles. The molecule has 0 unspecified atom stereocenters. The molecule has 6 heteroatoms. The number of rotatable bonds is 2. The molecule has 2 aromatic rings. The molecule has 2 N–H and O–H groups in total. The molecule has 0 bridgehead atoms. The number of nitrogens with zero attached hydrogens (tertiary/aromatic N) is 1. The molecule has 16 heavy (non-hydrogen) atoms. The van der Waals surface area contributed by atoms with Gasteiger partial charge in [0.15, 0.2) is 5.69 Å². The van der Waals surface area contributed by atoms with E-state index in [1.54, 1.807) is 0 Å². The van der Waals surface area contributed by atoms with Crippen LogP contribution in [0.1, 0.15) is 10.5 Å². The van der Waals surface area contributed by atoms with Crippen LogP contribution in [0.4, 0.5) is 9.39 Å². The fraction of sp³-hybridized carbons (Fsp3) is 0. The minimum Gasteiger partial charge on any atom is -0.422 e. The van der Waals surface area contributed by atoms with Crippen LogP contribution in [0.5, 0.6) is 5.75 Å². The summed E-state index contributed by atoms with van der Waals surface area (Å²) in [5.74, 6) is -1.04. The molecule has 2 rings (SSSR count). The van der Waals surface area contributed by atoms with Crippen molar-refractivity contribution < 1.29 is 13.9 Å². The highest BCUT2D eigenvalue weighted by atomic mass is 32.1. The third-order valence-electron chi connectivity index (χ3n) is 1.79. The van der Waals surface area contributed by atoms with E-state index in [2.05, 4.69) is 4.98 Å². The number of aromatic nitrogens is 1. The highest BCUT2D eigenvalue weighted by Crippen LogP contribution is 2.19. The molecule has 1 aromatic carbocycles. The number of nitrogen functional groups attached to an aromatic ring is 1. The Morgan fingerprint density at radius 1 is 1.50 bits per heavy atom. The first-order valence-electron chi connectivity index (χ1n) is 4.33. The summed E-state index contributed by atoms with van der Waals surface area (Å²) in [6, 6.07) is 5.29. The second-order valence-corrected chi connectivity index (χ2v) is 3.80. The minimum atomic E-state index is -0.690.